The molecule has 0 aliphatic heterocycles. The first-order valence-corrected chi connectivity index (χ1v) is 13.5. The molecule has 4 heteroatoms. The SMILES string of the molecule is CC(=COC(=O)CCC(=O)OC=C(C)CC(C)CC(C)CC(C)C)CC(C)CC(C)CC(C)C. The van der Waals surface area contributed by atoms with E-state index in [4.69, 9.17) is 9.47 Å². The maximum atomic E-state index is 12.0. The van der Waals surface area contributed by atoms with Crippen LogP contribution in [0.2, 0.25) is 0 Å². The highest BCUT2D eigenvalue weighted by atomic mass is 16.5. The lowest BCUT2D eigenvalue weighted by Crippen LogP contribution is -2.08. The monoisotopic (exact) mass is 478 g/mol. The van der Waals surface area contributed by atoms with Crippen LogP contribution in [0.5, 0.6) is 0 Å². The molecule has 0 heterocycles. The Balaban J connectivity index is 4.24. The maximum Gasteiger partial charge on any atom is 0.311 e. The maximum absolute atomic E-state index is 12.0. The van der Waals surface area contributed by atoms with Crippen LogP contribution >= 0.6 is 0 Å². The molecule has 4 atom stereocenters. The largest absolute Gasteiger partial charge is 0.435 e. The van der Waals surface area contributed by atoms with E-state index in [9.17, 15) is 9.59 Å². The predicted octanol–water partition coefficient (Wildman–Crippen LogP) is 8.86. The van der Waals surface area contributed by atoms with Crippen molar-refractivity contribution in [1.29, 1.82) is 0 Å². The summed E-state index contributed by atoms with van der Waals surface area (Å²) in [5.74, 6) is 3.15. The van der Waals surface area contributed by atoms with E-state index in [0.29, 0.717) is 23.7 Å². The summed E-state index contributed by atoms with van der Waals surface area (Å²) in [7, 11) is 0. The van der Waals surface area contributed by atoms with Crippen LogP contribution in [-0.2, 0) is 19.1 Å². The van der Waals surface area contributed by atoms with E-state index in [1.165, 1.54) is 25.7 Å². The Kier molecular flexibility index (Phi) is 17.0. The Labute approximate surface area is 210 Å². The molecule has 0 saturated heterocycles. The van der Waals surface area contributed by atoms with Crippen molar-refractivity contribution in [2.24, 2.45) is 35.5 Å². The molecule has 0 rings (SSSR count). The van der Waals surface area contributed by atoms with E-state index in [0.717, 1.165) is 35.8 Å². The molecule has 34 heavy (non-hydrogen) atoms. The summed E-state index contributed by atoms with van der Waals surface area (Å²) in [6, 6.07) is 0. The highest BCUT2D eigenvalue weighted by molar-refractivity contribution is 5.78. The Morgan fingerprint density at radius 3 is 1.18 bits per heavy atom. The minimum Gasteiger partial charge on any atom is -0.435 e. The first-order chi connectivity index (χ1) is 15.8. The quantitative estimate of drug-likeness (QED) is 0.155. The summed E-state index contributed by atoms with van der Waals surface area (Å²) in [4.78, 5) is 24.0. The van der Waals surface area contributed by atoms with Crippen molar-refractivity contribution in [3.05, 3.63) is 23.7 Å². The van der Waals surface area contributed by atoms with Gasteiger partial charge in [-0.25, -0.2) is 0 Å². The molecule has 0 fully saturated rings. The fourth-order valence-electron chi connectivity index (χ4n) is 5.19. The molecule has 0 aliphatic rings. The van der Waals surface area contributed by atoms with E-state index in [1.54, 1.807) is 12.5 Å². The lowest BCUT2D eigenvalue weighted by atomic mass is 9.87. The van der Waals surface area contributed by atoms with Gasteiger partial charge in [-0.05, 0) is 99.0 Å². The molecule has 0 aromatic carbocycles. The van der Waals surface area contributed by atoms with Gasteiger partial charge >= 0.3 is 11.9 Å². The number of hydrogen-bond donors (Lipinski definition) is 0. The molecular weight excluding hydrogens is 424 g/mol. The molecule has 0 aromatic heterocycles. The van der Waals surface area contributed by atoms with E-state index in [1.807, 2.05) is 13.8 Å². The predicted molar refractivity (Wildman–Crippen MR) is 143 cm³/mol. The van der Waals surface area contributed by atoms with Crippen molar-refractivity contribution in [3.63, 3.8) is 0 Å². The number of allylic oxidation sites excluding steroid dienone is 2. The summed E-state index contributed by atoms with van der Waals surface area (Å²) in [6.45, 7) is 22.1. The lowest BCUT2D eigenvalue weighted by Gasteiger charge is -2.19. The van der Waals surface area contributed by atoms with Crippen LogP contribution in [0.25, 0.3) is 0 Å². The van der Waals surface area contributed by atoms with E-state index in [2.05, 4.69) is 55.4 Å². The van der Waals surface area contributed by atoms with Crippen LogP contribution in [0.4, 0.5) is 0 Å². The first-order valence-electron chi connectivity index (χ1n) is 13.5. The highest BCUT2D eigenvalue weighted by Gasteiger charge is 2.13. The number of ether oxygens (including phenoxy) is 2. The Hall–Kier alpha value is -1.58. The van der Waals surface area contributed by atoms with Crippen LogP contribution in [-0.4, -0.2) is 11.9 Å². The van der Waals surface area contributed by atoms with E-state index >= 15 is 0 Å². The summed E-state index contributed by atoms with van der Waals surface area (Å²) in [5, 5.41) is 0. The number of rotatable bonds is 17. The third kappa shape index (κ3) is 18.8. The van der Waals surface area contributed by atoms with Crippen molar-refractivity contribution in [3.8, 4) is 0 Å². The summed E-state index contributed by atoms with van der Waals surface area (Å²) in [5.41, 5.74) is 2.10. The molecular formula is C30H54O4. The Morgan fingerprint density at radius 2 is 0.882 bits per heavy atom. The van der Waals surface area contributed by atoms with Crippen LogP contribution < -0.4 is 0 Å². The van der Waals surface area contributed by atoms with Crippen LogP contribution in [0, 0.1) is 35.5 Å². The van der Waals surface area contributed by atoms with Crippen molar-refractivity contribution in [1.82, 2.24) is 0 Å². The zero-order valence-corrected chi connectivity index (χ0v) is 23.9. The first kappa shape index (κ1) is 32.4. The van der Waals surface area contributed by atoms with Crippen molar-refractivity contribution in [2.45, 2.75) is 121 Å². The van der Waals surface area contributed by atoms with Gasteiger partial charge in [0.1, 0.15) is 0 Å². The molecule has 0 aromatic rings. The molecule has 0 spiro atoms. The van der Waals surface area contributed by atoms with Crippen molar-refractivity contribution >= 4 is 11.9 Å². The molecule has 0 saturated carbocycles. The number of carbonyl (C=O) groups is 2. The second kappa shape index (κ2) is 17.8. The molecule has 0 N–H and O–H groups in total. The number of esters is 2. The average Bonchev–Trinajstić information content (AvgIpc) is 2.67. The van der Waals surface area contributed by atoms with Gasteiger partial charge in [0.25, 0.3) is 0 Å². The lowest BCUT2D eigenvalue weighted by molar-refractivity contribution is -0.144. The minimum atomic E-state index is -0.398. The fraction of sp³-hybridized carbons (Fsp3) is 0.800. The van der Waals surface area contributed by atoms with Gasteiger partial charge < -0.3 is 9.47 Å². The van der Waals surface area contributed by atoms with Crippen LogP contribution in [0.3, 0.4) is 0 Å². The Morgan fingerprint density at radius 1 is 0.559 bits per heavy atom. The van der Waals surface area contributed by atoms with Crippen LogP contribution in [0.15, 0.2) is 23.7 Å². The second-order valence-electron chi connectivity index (χ2n) is 12.0. The number of hydrogen-bond acceptors (Lipinski definition) is 4. The average molecular weight is 479 g/mol. The smallest absolute Gasteiger partial charge is 0.311 e. The second-order valence-corrected chi connectivity index (χ2v) is 12.0. The fourth-order valence-corrected chi connectivity index (χ4v) is 5.19. The number of carbonyl (C=O) groups excluding carboxylic acids is 2. The summed E-state index contributed by atoms with van der Waals surface area (Å²) < 4.78 is 10.5. The Bertz CT molecular complexity index is 588. The molecule has 0 bridgehead atoms. The molecule has 198 valence electrons. The standard InChI is InChI=1S/C30H54O4/c1-21(2)13-23(5)15-25(7)17-27(9)19-33-29(31)11-12-30(32)34-20-28(10)18-26(8)16-24(6)14-22(3)4/h19-26H,11-18H2,1-10H3. The van der Waals surface area contributed by atoms with Crippen LogP contribution in [0.1, 0.15) is 121 Å². The van der Waals surface area contributed by atoms with Gasteiger partial charge in [-0.1, -0.05) is 55.4 Å². The summed E-state index contributed by atoms with van der Waals surface area (Å²) in [6.07, 6.45) is 9.79. The molecule has 0 radical (unpaired) electrons. The van der Waals surface area contributed by atoms with E-state index < -0.39 is 11.9 Å². The van der Waals surface area contributed by atoms with E-state index in [-0.39, 0.29) is 12.8 Å². The van der Waals surface area contributed by atoms with Crippen molar-refractivity contribution < 1.29 is 19.1 Å². The summed E-state index contributed by atoms with van der Waals surface area (Å²) >= 11 is 0. The highest BCUT2D eigenvalue weighted by Crippen LogP contribution is 2.25. The molecule has 4 nitrogen and oxygen atoms in total. The normalized spacial score (nSPS) is 16.4. The third-order valence-electron chi connectivity index (χ3n) is 6.01. The topological polar surface area (TPSA) is 52.6 Å². The zero-order chi connectivity index (χ0) is 26.3. The zero-order valence-electron chi connectivity index (χ0n) is 23.9. The van der Waals surface area contributed by atoms with Gasteiger partial charge in [0.15, 0.2) is 0 Å². The van der Waals surface area contributed by atoms with Gasteiger partial charge in [-0.2, -0.15) is 0 Å². The van der Waals surface area contributed by atoms with Gasteiger partial charge in [0.05, 0.1) is 25.4 Å². The van der Waals surface area contributed by atoms with Gasteiger partial charge in [0.2, 0.25) is 0 Å². The van der Waals surface area contributed by atoms with Crippen molar-refractivity contribution in [2.75, 3.05) is 0 Å². The van der Waals surface area contributed by atoms with Gasteiger partial charge in [-0.3, -0.25) is 9.59 Å². The van der Waals surface area contributed by atoms with Gasteiger partial charge in [0, 0.05) is 0 Å². The molecule has 0 amide bonds. The molecule has 4 unspecified atom stereocenters. The minimum absolute atomic E-state index is 0.0274. The third-order valence-corrected chi connectivity index (χ3v) is 6.01. The van der Waals surface area contributed by atoms with Gasteiger partial charge in [-0.15, -0.1) is 0 Å². The molecule has 0 aliphatic carbocycles.